The second kappa shape index (κ2) is 7.57. The van der Waals surface area contributed by atoms with E-state index in [0.29, 0.717) is 18.7 Å². The number of thioether (sulfide) groups is 1. The molecule has 3 rings (SSSR count). The van der Waals surface area contributed by atoms with E-state index >= 15 is 0 Å². The van der Waals surface area contributed by atoms with Crippen LogP contribution in [-0.4, -0.2) is 53.1 Å². The van der Waals surface area contributed by atoms with Gasteiger partial charge in [0.1, 0.15) is 11.8 Å². The molecule has 2 atom stereocenters. The number of nitrogens with one attached hydrogen (secondary N) is 1. The van der Waals surface area contributed by atoms with Crippen molar-refractivity contribution in [1.82, 2.24) is 10.2 Å². The maximum absolute atomic E-state index is 12.3. The van der Waals surface area contributed by atoms with Gasteiger partial charge in [-0.2, -0.15) is 0 Å². The number of benzene rings is 1. The Kier molecular flexibility index (Phi) is 5.41. The zero-order chi connectivity index (χ0) is 18.7. The van der Waals surface area contributed by atoms with Crippen LogP contribution in [0, 0.1) is 0 Å². The van der Waals surface area contributed by atoms with Gasteiger partial charge in [0.2, 0.25) is 5.91 Å². The number of carbonyl (C=O) groups excluding carboxylic acids is 3. The summed E-state index contributed by atoms with van der Waals surface area (Å²) in [6, 6.07) is 6.71. The third kappa shape index (κ3) is 3.80. The van der Waals surface area contributed by atoms with E-state index in [1.165, 1.54) is 0 Å². The normalized spacial score (nSPS) is 24.3. The fraction of sp³-hybridized carbons (Fsp3) is 0.500. The molecule has 140 valence electrons. The first-order valence-corrected chi connectivity index (χ1v) is 9.44. The minimum atomic E-state index is -0.602. The van der Waals surface area contributed by atoms with Crippen LogP contribution in [0.2, 0.25) is 0 Å². The van der Waals surface area contributed by atoms with Gasteiger partial charge in [-0.05, 0) is 31.0 Å². The van der Waals surface area contributed by atoms with Crippen LogP contribution >= 0.6 is 11.8 Å². The number of amides is 2. The lowest BCUT2D eigenvalue weighted by Gasteiger charge is -2.29. The molecule has 7 nitrogen and oxygen atoms in total. The van der Waals surface area contributed by atoms with Crippen LogP contribution in [0.5, 0.6) is 5.75 Å². The highest BCUT2D eigenvalue weighted by molar-refractivity contribution is 8.01. The van der Waals surface area contributed by atoms with E-state index in [2.05, 4.69) is 5.32 Å². The van der Waals surface area contributed by atoms with Crippen molar-refractivity contribution in [3.05, 3.63) is 29.8 Å². The van der Waals surface area contributed by atoms with Gasteiger partial charge >= 0.3 is 5.97 Å². The molecule has 8 heteroatoms. The van der Waals surface area contributed by atoms with Crippen LogP contribution < -0.4 is 10.1 Å². The van der Waals surface area contributed by atoms with Crippen molar-refractivity contribution in [3.63, 3.8) is 0 Å². The summed E-state index contributed by atoms with van der Waals surface area (Å²) in [6.45, 7) is 1.95. The fourth-order valence-corrected chi connectivity index (χ4v) is 4.64. The molecule has 2 amide bonds. The molecule has 0 unspecified atom stereocenters. The van der Waals surface area contributed by atoms with Crippen molar-refractivity contribution in [2.24, 2.45) is 0 Å². The maximum Gasteiger partial charge on any atom is 0.330 e. The first-order chi connectivity index (χ1) is 12.4. The average molecular weight is 378 g/mol. The van der Waals surface area contributed by atoms with E-state index < -0.39 is 12.0 Å². The average Bonchev–Trinajstić information content (AvgIpc) is 3.14. The molecule has 2 aliphatic rings. The highest BCUT2D eigenvalue weighted by Crippen LogP contribution is 2.47. The predicted molar refractivity (Wildman–Crippen MR) is 96.5 cm³/mol. The molecule has 1 aromatic carbocycles. The summed E-state index contributed by atoms with van der Waals surface area (Å²) in [5, 5.41) is 2.70. The molecule has 2 aliphatic heterocycles. The van der Waals surface area contributed by atoms with Crippen molar-refractivity contribution in [2.45, 2.75) is 37.2 Å². The quantitative estimate of drug-likeness (QED) is 0.752. The standard InChI is InChI=1S/C18H22N2O5S/c1-18-8-7-16(22)20(18)14(11-26-18)17(23)25-10-15(21)19-9-12-3-5-13(24-2)6-4-12/h3-6,14H,7-11H2,1-2H3,(H,19,21)/t14-,18-/m1/s1. The molecular formula is C18H22N2O5S. The van der Waals surface area contributed by atoms with Crippen molar-refractivity contribution in [3.8, 4) is 5.75 Å². The topological polar surface area (TPSA) is 84.9 Å². The molecule has 26 heavy (non-hydrogen) atoms. The zero-order valence-electron chi connectivity index (χ0n) is 14.8. The molecule has 2 saturated heterocycles. The Hall–Kier alpha value is -2.22. The Morgan fingerprint density at radius 2 is 2.08 bits per heavy atom. The SMILES string of the molecule is COc1ccc(CNC(=O)COC(=O)[C@H]2CS[C@]3(C)CCC(=O)N23)cc1. The Morgan fingerprint density at radius 1 is 1.35 bits per heavy atom. The molecule has 0 bridgehead atoms. The summed E-state index contributed by atoms with van der Waals surface area (Å²) < 4.78 is 10.2. The number of rotatable bonds is 6. The summed E-state index contributed by atoms with van der Waals surface area (Å²) >= 11 is 1.59. The van der Waals surface area contributed by atoms with Gasteiger partial charge in [0.05, 0.1) is 12.0 Å². The Bertz CT molecular complexity index is 708. The van der Waals surface area contributed by atoms with Gasteiger partial charge in [-0.3, -0.25) is 9.59 Å². The van der Waals surface area contributed by atoms with E-state index in [1.807, 2.05) is 31.2 Å². The number of fused-ring (bicyclic) bond motifs is 1. The number of hydrogen-bond donors (Lipinski definition) is 1. The minimum absolute atomic E-state index is 0.0246. The third-order valence-electron chi connectivity index (χ3n) is 4.71. The molecule has 0 aromatic heterocycles. The van der Waals surface area contributed by atoms with Crippen molar-refractivity contribution < 1.29 is 23.9 Å². The third-order valence-corrected chi connectivity index (χ3v) is 6.22. The van der Waals surface area contributed by atoms with Gasteiger partial charge in [-0.1, -0.05) is 12.1 Å². The van der Waals surface area contributed by atoms with Crippen molar-refractivity contribution in [2.75, 3.05) is 19.5 Å². The van der Waals surface area contributed by atoms with Gasteiger partial charge in [0.15, 0.2) is 6.61 Å². The molecule has 2 fully saturated rings. The molecule has 0 saturated carbocycles. The van der Waals surface area contributed by atoms with Crippen LogP contribution in [0.4, 0.5) is 0 Å². The van der Waals surface area contributed by atoms with Gasteiger partial charge < -0.3 is 19.7 Å². The van der Waals surface area contributed by atoms with Gasteiger partial charge in [-0.15, -0.1) is 11.8 Å². The Balaban J connectivity index is 1.45. The number of carbonyl (C=O) groups is 3. The lowest BCUT2D eigenvalue weighted by atomic mass is 10.2. The molecular weight excluding hydrogens is 356 g/mol. The van der Waals surface area contributed by atoms with Gasteiger partial charge in [-0.25, -0.2) is 4.79 Å². The van der Waals surface area contributed by atoms with Crippen molar-refractivity contribution in [1.29, 1.82) is 0 Å². The molecule has 1 aromatic rings. The van der Waals surface area contributed by atoms with Crippen LogP contribution in [-0.2, 0) is 25.7 Å². The molecule has 0 aliphatic carbocycles. The van der Waals surface area contributed by atoms with Crippen LogP contribution in [0.25, 0.3) is 0 Å². The number of esters is 1. The predicted octanol–water partition coefficient (Wildman–Crippen LogP) is 1.31. The summed E-state index contributed by atoms with van der Waals surface area (Å²) in [6.07, 6.45) is 1.19. The maximum atomic E-state index is 12.3. The second-order valence-electron chi connectivity index (χ2n) is 6.50. The molecule has 0 spiro atoms. The molecule has 2 heterocycles. The zero-order valence-corrected chi connectivity index (χ0v) is 15.6. The fourth-order valence-electron chi connectivity index (χ4n) is 3.22. The number of nitrogens with zero attached hydrogens (tertiary/aromatic N) is 1. The Labute approximate surface area is 156 Å². The highest BCUT2D eigenvalue weighted by Gasteiger charge is 2.53. The first-order valence-electron chi connectivity index (χ1n) is 8.45. The van der Waals surface area contributed by atoms with Gasteiger partial charge in [0, 0.05) is 18.7 Å². The largest absolute Gasteiger partial charge is 0.497 e. The summed E-state index contributed by atoms with van der Waals surface area (Å²) in [4.78, 5) is 37.6. The van der Waals surface area contributed by atoms with E-state index in [0.717, 1.165) is 17.7 Å². The van der Waals surface area contributed by atoms with Crippen LogP contribution in [0.3, 0.4) is 0 Å². The summed E-state index contributed by atoms with van der Waals surface area (Å²) in [7, 11) is 1.59. The van der Waals surface area contributed by atoms with E-state index in [4.69, 9.17) is 9.47 Å². The monoisotopic (exact) mass is 378 g/mol. The number of methoxy groups -OCH3 is 1. The van der Waals surface area contributed by atoms with Gasteiger partial charge in [0.25, 0.3) is 5.91 Å². The molecule has 0 radical (unpaired) electrons. The Morgan fingerprint density at radius 3 is 2.77 bits per heavy atom. The highest BCUT2D eigenvalue weighted by atomic mass is 32.2. The first kappa shape index (κ1) is 18.6. The number of hydrogen-bond acceptors (Lipinski definition) is 6. The lowest BCUT2D eigenvalue weighted by Crippen LogP contribution is -2.47. The summed E-state index contributed by atoms with van der Waals surface area (Å²) in [5.41, 5.74) is 0.913. The van der Waals surface area contributed by atoms with E-state index in [9.17, 15) is 14.4 Å². The molecule has 1 N–H and O–H groups in total. The van der Waals surface area contributed by atoms with Crippen molar-refractivity contribution >= 4 is 29.5 Å². The van der Waals surface area contributed by atoms with Crippen LogP contribution in [0.1, 0.15) is 25.3 Å². The smallest absolute Gasteiger partial charge is 0.330 e. The summed E-state index contributed by atoms with van der Waals surface area (Å²) in [5.74, 6) is 0.329. The van der Waals surface area contributed by atoms with E-state index in [1.54, 1.807) is 23.8 Å². The van der Waals surface area contributed by atoms with Crippen LogP contribution in [0.15, 0.2) is 24.3 Å². The number of ether oxygens (including phenoxy) is 2. The minimum Gasteiger partial charge on any atom is -0.497 e. The van der Waals surface area contributed by atoms with E-state index in [-0.39, 0.29) is 23.3 Å². The lowest BCUT2D eigenvalue weighted by molar-refractivity contribution is -0.156. The second-order valence-corrected chi connectivity index (χ2v) is 8.00.